The molecule has 1 aliphatic rings. The number of carbonyl (C=O) groups is 2. The van der Waals surface area contributed by atoms with Gasteiger partial charge in [0.1, 0.15) is 0 Å². The minimum atomic E-state index is -0.306. The van der Waals surface area contributed by atoms with Crippen molar-refractivity contribution in [2.24, 2.45) is 5.92 Å². The fourth-order valence-corrected chi connectivity index (χ4v) is 4.36. The number of nitrogens with one attached hydrogen (secondary N) is 1. The van der Waals surface area contributed by atoms with E-state index in [1.54, 1.807) is 4.90 Å². The summed E-state index contributed by atoms with van der Waals surface area (Å²) in [5.41, 5.74) is 4.43. The van der Waals surface area contributed by atoms with Gasteiger partial charge in [-0.1, -0.05) is 78.9 Å². The molecule has 0 spiro atoms. The Hall–Kier alpha value is -3.40. The third-order valence-electron chi connectivity index (χ3n) is 6.04. The maximum Gasteiger partial charge on any atom is 0.227 e. The lowest BCUT2D eigenvalue weighted by atomic mass is 9.88. The maximum atomic E-state index is 12.8. The highest BCUT2D eigenvalue weighted by Gasteiger charge is 2.35. The minimum Gasteiger partial charge on any atom is -0.356 e. The molecule has 0 saturated carbocycles. The molecule has 0 unspecified atom stereocenters. The molecule has 1 atom stereocenters. The number of carbonyl (C=O) groups excluding carboxylic acids is 2. The average molecular weight is 413 g/mol. The maximum absolute atomic E-state index is 12.8. The molecule has 4 rings (SSSR count). The van der Waals surface area contributed by atoms with Gasteiger partial charge in [0.25, 0.3) is 0 Å². The van der Waals surface area contributed by atoms with Crippen LogP contribution in [0.2, 0.25) is 0 Å². The molecule has 31 heavy (non-hydrogen) atoms. The number of hydrogen-bond acceptors (Lipinski definition) is 2. The van der Waals surface area contributed by atoms with Crippen molar-refractivity contribution < 1.29 is 9.59 Å². The third kappa shape index (κ3) is 4.85. The van der Waals surface area contributed by atoms with Gasteiger partial charge in [-0.3, -0.25) is 9.59 Å². The molecule has 0 aromatic heterocycles. The van der Waals surface area contributed by atoms with E-state index in [4.69, 9.17) is 0 Å². The molecule has 0 aliphatic carbocycles. The molecule has 0 bridgehead atoms. The Bertz CT molecular complexity index is 994. The molecule has 1 aliphatic heterocycles. The molecule has 3 aromatic rings. The van der Waals surface area contributed by atoms with Crippen LogP contribution < -0.4 is 10.2 Å². The van der Waals surface area contributed by atoms with E-state index < -0.39 is 0 Å². The van der Waals surface area contributed by atoms with Gasteiger partial charge in [-0.2, -0.15) is 0 Å². The van der Waals surface area contributed by atoms with Crippen LogP contribution in [0.15, 0.2) is 84.9 Å². The van der Waals surface area contributed by atoms with Gasteiger partial charge in [0, 0.05) is 31.1 Å². The van der Waals surface area contributed by atoms with Crippen molar-refractivity contribution in [3.8, 4) is 0 Å². The summed E-state index contributed by atoms with van der Waals surface area (Å²) in [6.45, 7) is 3.00. The van der Waals surface area contributed by atoms with Crippen molar-refractivity contribution in [2.45, 2.75) is 25.7 Å². The first-order chi connectivity index (χ1) is 15.1. The number of hydrogen-bond donors (Lipinski definition) is 1. The summed E-state index contributed by atoms with van der Waals surface area (Å²) in [6.07, 6.45) is 1.07. The lowest BCUT2D eigenvalue weighted by Gasteiger charge is -2.20. The number of rotatable bonds is 7. The number of amides is 2. The zero-order valence-electron chi connectivity index (χ0n) is 17.8. The first kappa shape index (κ1) is 20.9. The van der Waals surface area contributed by atoms with Gasteiger partial charge < -0.3 is 10.2 Å². The summed E-state index contributed by atoms with van der Waals surface area (Å²) < 4.78 is 0. The Morgan fingerprint density at radius 2 is 1.52 bits per heavy atom. The second kappa shape index (κ2) is 9.61. The van der Waals surface area contributed by atoms with Gasteiger partial charge in [-0.25, -0.2) is 0 Å². The normalized spacial score (nSPS) is 16.0. The number of nitrogens with zero attached hydrogens (tertiary/aromatic N) is 1. The van der Waals surface area contributed by atoms with Gasteiger partial charge in [0.15, 0.2) is 0 Å². The van der Waals surface area contributed by atoms with Crippen LogP contribution in [0.3, 0.4) is 0 Å². The van der Waals surface area contributed by atoms with Gasteiger partial charge in [-0.05, 0) is 36.1 Å². The zero-order chi connectivity index (χ0) is 21.6. The van der Waals surface area contributed by atoms with E-state index in [0.717, 1.165) is 17.7 Å². The highest BCUT2D eigenvalue weighted by Crippen LogP contribution is 2.29. The van der Waals surface area contributed by atoms with E-state index >= 15 is 0 Å². The Morgan fingerprint density at radius 1 is 0.935 bits per heavy atom. The molecule has 1 N–H and O–H groups in total. The van der Waals surface area contributed by atoms with Crippen LogP contribution in [-0.4, -0.2) is 24.9 Å². The fraction of sp³-hybridized carbons (Fsp3) is 0.259. The van der Waals surface area contributed by atoms with Crippen LogP contribution in [0.25, 0.3) is 0 Å². The molecule has 158 valence electrons. The number of para-hydroxylation sites is 1. The zero-order valence-corrected chi connectivity index (χ0v) is 17.8. The molecule has 1 heterocycles. The van der Waals surface area contributed by atoms with E-state index in [2.05, 4.69) is 29.6 Å². The molecule has 1 fully saturated rings. The minimum absolute atomic E-state index is 0.0147. The molecule has 0 radical (unpaired) electrons. The summed E-state index contributed by atoms with van der Waals surface area (Å²) in [4.78, 5) is 27.1. The van der Waals surface area contributed by atoms with Gasteiger partial charge in [-0.15, -0.1) is 0 Å². The van der Waals surface area contributed by atoms with E-state index in [0.29, 0.717) is 13.1 Å². The first-order valence-electron chi connectivity index (χ1n) is 10.9. The van der Waals surface area contributed by atoms with Gasteiger partial charge >= 0.3 is 0 Å². The van der Waals surface area contributed by atoms with Crippen LogP contribution in [0, 0.1) is 12.8 Å². The fourth-order valence-electron chi connectivity index (χ4n) is 4.36. The average Bonchev–Trinajstić information content (AvgIpc) is 3.19. The molecule has 2 amide bonds. The van der Waals surface area contributed by atoms with E-state index in [-0.39, 0.29) is 30.1 Å². The van der Waals surface area contributed by atoms with Crippen molar-refractivity contribution in [1.82, 2.24) is 5.32 Å². The summed E-state index contributed by atoms with van der Waals surface area (Å²) >= 11 is 0. The standard InChI is InChI=1S/C27H28N2O2/c1-20-10-8-9-15-25(20)29-19-23(18-26(29)30)27(31)28-17-16-24(21-11-4-2-5-12-21)22-13-6-3-7-14-22/h2-15,23-24H,16-19H2,1H3,(H,28,31)/t23-/m0/s1. The molecular weight excluding hydrogens is 384 g/mol. The van der Waals surface area contributed by atoms with Gasteiger partial charge in [0.05, 0.1) is 5.92 Å². The predicted molar refractivity (Wildman–Crippen MR) is 124 cm³/mol. The van der Waals surface area contributed by atoms with Crippen molar-refractivity contribution in [3.63, 3.8) is 0 Å². The van der Waals surface area contributed by atoms with Crippen LogP contribution in [0.5, 0.6) is 0 Å². The van der Waals surface area contributed by atoms with Gasteiger partial charge in [0.2, 0.25) is 11.8 Å². The summed E-state index contributed by atoms with van der Waals surface area (Å²) in [6, 6.07) is 28.6. The van der Waals surface area contributed by atoms with Crippen molar-refractivity contribution in [1.29, 1.82) is 0 Å². The van der Waals surface area contributed by atoms with E-state index in [1.165, 1.54) is 11.1 Å². The quantitative estimate of drug-likeness (QED) is 0.612. The van der Waals surface area contributed by atoms with Crippen molar-refractivity contribution in [3.05, 3.63) is 102 Å². The first-order valence-corrected chi connectivity index (χ1v) is 10.9. The molecule has 1 saturated heterocycles. The van der Waals surface area contributed by atoms with Crippen molar-refractivity contribution in [2.75, 3.05) is 18.0 Å². The van der Waals surface area contributed by atoms with Crippen LogP contribution in [-0.2, 0) is 9.59 Å². The Kier molecular flexibility index (Phi) is 6.46. The molecular formula is C27H28N2O2. The number of benzene rings is 3. The number of aryl methyl sites for hydroxylation is 1. The van der Waals surface area contributed by atoms with Crippen molar-refractivity contribution >= 4 is 17.5 Å². The Labute approximate surface area is 183 Å². The van der Waals surface area contributed by atoms with Crippen LogP contribution >= 0.6 is 0 Å². The highest BCUT2D eigenvalue weighted by molar-refractivity contribution is 6.00. The lowest BCUT2D eigenvalue weighted by Crippen LogP contribution is -2.34. The summed E-state index contributed by atoms with van der Waals surface area (Å²) in [5.74, 6) is -0.111. The Morgan fingerprint density at radius 3 is 2.13 bits per heavy atom. The smallest absolute Gasteiger partial charge is 0.227 e. The monoisotopic (exact) mass is 412 g/mol. The summed E-state index contributed by atoms with van der Waals surface area (Å²) in [5, 5.41) is 3.08. The predicted octanol–water partition coefficient (Wildman–Crippen LogP) is 4.69. The number of anilines is 1. The van der Waals surface area contributed by atoms with E-state index in [1.807, 2.05) is 67.6 Å². The Balaban J connectivity index is 1.38. The van der Waals surface area contributed by atoms with Crippen LogP contribution in [0.1, 0.15) is 35.4 Å². The second-order valence-corrected chi connectivity index (χ2v) is 8.15. The summed E-state index contributed by atoms with van der Waals surface area (Å²) in [7, 11) is 0. The second-order valence-electron chi connectivity index (χ2n) is 8.15. The molecule has 3 aromatic carbocycles. The topological polar surface area (TPSA) is 49.4 Å². The SMILES string of the molecule is Cc1ccccc1N1C[C@@H](C(=O)NCCC(c2ccccc2)c2ccccc2)CC1=O. The lowest BCUT2D eigenvalue weighted by molar-refractivity contribution is -0.126. The third-order valence-corrected chi connectivity index (χ3v) is 6.04. The highest BCUT2D eigenvalue weighted by atomic mass is 16.2. The molecule has 4 heteroatoms. The van der Waals surface area contributed by atoms with E-state index in [9.17, 15) is 9.59 Å². The molecule has 4 nitrogen and oxygen atoms in total. The van der Waals surface area contributed by atoms with Crippen LogP contribution in [0.4, 0.5) is 5.69 Å². The largest absolute Gasteiger partial charge is 0.356 e.